The Morgan fingerprint density at radius 3 is 2.53 bits per heavy atom. The molecule has 0 N–H and O–H groups in total. The van der Waals surface area contributed by atoms with Gasteiger partial charge in [0.05, 0.1) is 6.04 Å². The fourth-order valence-electron chi connectivity index (χ4n) is 2.48. The molecule has 1 amide bonds. The molecule has 0 saturated carbocycles. The molecule has 0 unspecified atom stereocenters. The highest BCUT2D eigenvalue weighted by atomic mass is 16.2. The molecule has 0 bridgehead atoms. The highest BCUT2D eigenvalue weighted by Gasteiger charge is 2.28. The normalized spacial score (nSPS) is 20.4. The standard InChI is InChI=1S/C13H19N3O/c1-9-8-10(2)15-13(14-9)12-6-4-5-7-16(12)11(3)17/h8,12H,4-7H2,1-3H3/t12-/m0/s1. The van der Waals surface area contributed by atoms with Gasteiger partial charge in [-0.2, -0.15) is 0 Å². The second kappa shape index (κ2) is 4.82. The number of likely N-dealkylation sites (tertiary alicyclic amines) is 1. The smallest absolute Gasteiger partial charge is 0.220 e. The minimum absolute atomic E-state index is 0.0693. The zero-order chi connectivity index (χ0) is 12.4. The third-order valence-corrected chi connectivity index (χ3v) is 3.20. The van der Waals surface area contributed by atoms with Crippen LogP contribution in [0.15, 0.2) is 6.07 Å². The number of amides is 1. The maximum Gasteiger partial charge on any atom is 0.220 e. The van der Waals surface area contributed by atoms with E-state index in [0.29, 0.717) is 0 Å². The number of piperidine rings is 1. The van der Waals surface area contributed by atoms with Crippen molar-refractivity contribution in [3.63, 3.8) is 0 Å². The van der Waals surface area contributed by atoms with E-state index in [1.165, 1.54) is 0 Å². The fraction of sp³-hybridized carbons (Fsp3) is 0.615. The predicted molar refractivity (Wildman–Crippen MR) is 65.5 cm³/mol. The van der Waals surface area contributed by atoms with Crippen LogP contribution in [0.25, 0.3) is 0 Å². The van der Waals surface area contributed by atoms with Crippen LogP contribution < -0.4 is 0 Å². The van der Waals surface area contributed by atoms with Gasteiger partial charge < -0.3 is 4.90 Å². The largest absolute Gasteiger partial charge is 0.333 e. The summed E-state index contributed by atoms with van der Waals surface area (Å²) >= 11 is 0. The van der Waals surface area contributed by atoms with E-state index >= 15 is 0 Å². The van der Waals surface area contributed by atoms with Gasteiger partial charge in [0.2, 0.25) is 5.91 Å². The second-order valence-electron chi connectivity index (χ2n) is 4.73. The number of hydrogen-bond donors (Lipinski definition) is 0. The lowest BCUT2D eigenvalue weighted by Gasteiger charge is -2.34. The van der Waals surface area contributed by atoms with E-state index in [9.17, 15) is 4.79 Å². The number of nitrogens with zero attached hydrogens (tertiary/aromatic N) is 3. The lowest BCUT2D eigenvalue weighted by Crippen LogP contribution is -2.37. The van der Waals surface area contributed by atoms with Gasteiger partial charge in [0.1, 0.15) is 0 Å². The molecule has 17 heavy (non-hydrogen) atoms. The van der Waals surface area contributed by atoms with Gasteiger partial charge in [0.25, 0.3) is 0 Å². The van der Waals surface area contributed by atoms with E-state index < -0.39 is 0 Å². The summed E-state index contributed by atoms with van der Waals surface area (Å²) in [6.07, 6.45) is 3.20. The summed E-state index contributed by atoms with van der Waals surface area (Å²) in [5.41, 5.74) is 1.95. The number of aromatic nitrogens is 2. The van der Waals surface area contributed by atoms with Gasteiger partial charge in [-0.1, -0.05) is 0 Å². The molecule has 1 atom stereocenters. The van der Waals surface area contributed by atoms with E-state index in [-0.39, 0.29) is 11.9 Å². The van der Waals surface area contributed by atoms with Gasteiger partial charge in [-0.05, 0) is 39.2 Å². The number of aryl methyl sites for hydroxylation is 2. The van der Waals surface area contributed by atoms with Crippen molar-refractivity contribution < 1.29 is 4.79 Å². The van der Waals surface area contributed by atoms with E-state index in [2.05, 4.69) is 9.97 Å². The first-order valence-corrected chi connectivity index (χ1v) is 6.17. The topological polar surface area (TPSA) is 46.1 Å². The molecule has 0 aliphatic carbocycles. The quantitative estimate of drug-likeness (QED) is 0.746. The lowest BCUT2D eigenvalue weighted by molar-refractivity contribution is -0.132. The zero-order valence-electron chi connectivity index (χ0n) is 10.7. The Morgan fingerprint density at radius 2 is 1.94 bits per heavy atom. The highest BCUT2D eigenvalue weighted by molar-refractivity contribution is 5.73. The SMILES string of the molecule is CC(=O)N1CCCC[C@H]1c1nc(C)cc(C)n1. The molecule has 1 saturated heterocycles. The van der Waals surface area contributed by atoms with Gasteiger partial charge in [0.15, 0.2) is 5.82 Å². The average Bonchev–Trinajstić information content (AvgIpc) is 2.27. The summed E-state index contributed by atoms with van der Waals surface area (Å²) in [5, 5.41) is 0. The van der Waals surface area contributed by atoms with Crippen molar-refractivity contribution in [2.75, 3.05) is 6.54 Å². The summed E-state index contributed by atoms with van der Waals surface area (Å²) in [6, 6.07) is 2.03. The Labute approximate surface area is 102 Å². The van der Waals surface area contributed by atoms with Crippen molar-refractivity contribution in [2.24, 2.45) is 0 Å². The molecule has 0 spiro atoms. The number of carbonyl (C=O) groups excluding carboxylic acids is 1. The van der Waals surface area contributed by atoms with Crippen molar-refractivity contribution in [3.8, 4) is 0 Å². The Kier molecular flexibility index (Phi) is 3.41. The van der Waals surface area contributed by atoms with Crippen LogP contribution in [0.2, 0.25) is 0 Å². The molecule has 1 aliphatic heterocycles. The Balaban J connectivity index is 2.32. The molecule has 2 heterocycles. The number of carbonyl (C=O) groups is 1. The van der Waals surface area contributed by atoms with E-state index in [0.717, 1.165) is 43.0 Å². The molecule has 2 rings (SSSR count). The number of rotatable bonds is 1. The summed E-state index contributed by atoms with van der Waals surface area (Å²) in [7, 11) is 0. The monoisotopic (exact) mass is 233 g/mol. The molecule has 1 aliphatic rings. The van der Waals surface area contributed by atoms with Crippen LogP contribution in [0.1, 0.15) is 49.4 Å². The first kappa shape index (κ1) is 12.0. The van der Waals surface area contributed by atoms with Crippen LogP contribution >= 0.6 is 0 Å². The van der Waals surface area contributed by atoms with Crippen LogP contribution in [0.3, 0.4) is 0 Å². The summed E-state index contributed by atoms with van der Waals surface area (Å²) in [4.78, 5) is 22.5. The second-order valence-corrected chi connectivity index (χ2v) is 4.73. The number of hydrogen-bond acceptors (Lipinski definition) is 3. The van der Waals surface area contributed by atoms with Crippen LogP contribution in [0.5, 0.6) is 0 Å². The minimum atomic E-state index is 0.0693. The van der Waals surface area contributed by atoms with Gasteiger partial charge in [-0.25, -0.2) is 9.97 Å². The van der Waals surface area contributed by atoms with Gasteiger partial charge in [-0.15, -0.1) is 0 Å². The molecular formula is C13H19N3O. The molecule has 0 radical (unpaired) electrons. The third kappa shape index (κ3) is 2.62. The van der Waals surface area contributed by atoms with Crippen molar-refractivity contribution in [2.45, 2.75) is 46.1 Å². The van der Waals surface area contributed by atoms with Crippen molar-refractivity contribution in [1.29, 1.82) is 0 Å². The molecule has 4 nitrogen and oxygen atoms in total. The molecular weight excluding hydrogens is 214 g/mol. The third-order valence-electron chi connectivity index (χ3n) is 3.20. The van der Waals surface area contributed by atoms with Crippen molar-refractivity contribution >= 4 is 5.91 Å². The zero-order valence-corrected chi connectivity index (χ0v) is 10.7. The Morgan fingerprint density at radius 1 is 1.29 bits per heavy atom. The van der Waals surface area contributed by atoms with Crippen LogP contribution in [0.4, 0.5) is 0 Å². The molecule has 1 fully saturated rings. The van der Waals surface area contributed by atoms with Gasteiger partial charge >= 0.3 is 0 Å². The molecule has 0 aromatic carbocycles. The average molecular weight is 233 g/mol. The lowest BCUT2D eigenvalue weighted by atomic mass is 10.0. The van der Waals surface area contributed by atoms with E-state index in [4.69, 9.17) is 0 Å². The highest BCUT2D eigenvalue weighted by Crippen LogP contribution is 2.28. The maximum atomic E-state index is 11.6. The predicted octanol–water partition coefficient (Wildman–Crippen LogP) is 2.17. The van der Waals surface area contributed by atoms with Crippen LogP contribution in [0, 0.1) is 13.8 Å². The van der Waals surface area contributed by atoms with Gasteiger partial charge in [-0.3, -0.25) is 4.79 Å². The fourth-order valence-corrected chi connectivity index (χ4v) is 2.48. The van der Waals surface area contributed by atoms with E-state index in [1.54, 1.807) is 6.92 Å². The van der Waals surface area contributed by atoms with Crippen molar-refractivity contribution in [1.82, 2.24) is 14.9 Å². The van der Waals surface area contributed by atoms with Crippen molar-refractivity contribution in [3.05, 3.63) is 23.3 Å². The minimum Gasteiger partial charge on any atom is -0.333 e. The van der Waals surface area contributed by atoms with Crippen LogP contribution in [-0.2, 0) is 4.79 Å². The molecule has 92 valence electrons. The van der Waals surface area contributed by atoms with Gasteiger partial charge in [0, 0.05) is 24.9 Å². The molecule has 1 aromatic rings. The van der Waals surface area contributed by atoms with E-state index in [1.807, 2.05) is 24.8 Å². The Bertz CT molecular complexity index is 410. The first-order valence-electron chi connectivity index (χ1n) is 6.17. The summed E-state index contributed by atoms with van der Waals surface area (Å²) < 4.78 is 0. The van der Waals surface area contributed by atoms with Crippen LogP contribution in [-0.4, -0.2) is 27.3 Å². The Hall–Kier alpha value is -1.45. The molecule has 4 heteroatoms. The first-order chi connectivity index (χ1) is 8.08. The summed E-state index contributed by atoms with van der Waals surface area (Å²) in [5.74, 6) is 0.926. The maximum absolute atomic E-state index is 11.6. The molecule has 1 aromatic heterocycles. The summed E-state index contributed by atoms with van der Waals surface area (Å²) in [6.45, 7) is 6.40.